The van der Waals surface area contributed by atoms with Crippen molar-refractivity contribution in [2.24, 2.45) is 5.73 Å². The molecule has 1 aromatic carbocycles. The van der Waals surface area contributed by atoms with Crippen LogP contribution in [-0.4, -0.2) is 36.7 Å². The Bertz CT molecular complexity index is 449. The summed E-state index contributed by atoms with van der Waals surface area (Å²) >= 11 is 0. The molecule has 2 N–H and O–H groups in total. The number of halogens is 2. The Labute approximate surface area is 97.0 Å². The van der Waals surface area contributed by atoms with Crippen molar-refractivity contribution in [1.29, 1.82) is 0 Å². The number of likely N-dealkylation sites (N-methyl/N-ethyl adjacent to an activating group) is 1. The van der Waals surface area contributed by atoms with Crippen LogP contribution in [0.1, 0.15) is 10.4 Å². The van der Waals surface area contributed by atoms with Crippen LogP contribution < -0.4 is 5.73 Å². The second-order valence-corrected chi connectivity index (χ2v) is 3.69. The SMILES string of the molecule is CN(CC(N)=O)CC(=O)c1ccc(F)c(F)c1. The third kappa shape index (κ3) is 3.92. The minimum Gasteiger partial charge on any atom is -0.369 e. The highest BCUT2D eigenvalue weighted by molar-refractivity contribution is 5.97. The van der Waals surface area contributed by atoms with Gasteiger partial charge >= 0.3 is 0 Å². The van der Waals surface area contributed by atoms with Gasteiger partial charge in [-0.25, -0.2) is 8.78 Å². The summed E-state index contributed by atoms with van der Waals surface area (Å²) in [5.74, 6) is -3.06. The Kier molecular flexibility index (Phi) is 4.28. The van der Waals surface area contributed by atoms with Gasteiger partial charge in [-0.3, -0.25) is 14.5 Å². The van der Waals surface area contributed by atoms with Crippen LogP contribution in [0, 0.1) is 11.6 Å². The van der Waals surface area contributed by atoms with Gasteiger partial charge < -0.3 is 5.73 Å². The van der Waals surface area contributed by atoms with E-state index in [9.17, 15) is 18.4 Å². The molecule has 4 nitrogen and oxygen atoms in total. The molecular weight excluding hydrogens is 230 g/mol. The van der Waals surface area contributed by atoms with Crippen LogP contribution in [-0.2, 0) is 4.79 Å². The van der Waals surface area contributed by atoms with Crippen LogP contribution in [0.5, 0.6) is 0 Å². The monoisotopic (exact) mass is 242 g/mol. The molecule has 0 atom stereocenters. The Morgan fingerprint density at radius 1 is 1.24 bits per heavy atom. The number of primary amides is 1. The lowest BCUT2D eigenvalue weighted by Crippen LogP contribution is -2.34. The van der Waals surface area contributed by atoms with E-state index in [0.29, 0.717) is 0 Å². The molecule has 17 heavy (non-hydrogen) atoms. The van der Waals surface area contributed by atoms with E-state index in [1.807, 2.05) is 0 Å². The zero-order valence-electron chi connectivity index (χ0n) is 9.24. The number of amides is 1. The van der Waals surface area contributed by atoms with Crippen molar-refractivity contribution in [3.8, 4) is 0 Å². The lowest BCUT2D eigenvalue weighted by atomic mass is 10.1. The summed E-state index contributed by atoms with van der Waals surface area (Å²) in [6.07, 6.45) is 0. The van der Waals surface area contributed by atoms with Gasteiger partial charge in [0.05, 0.1) is 13.1 Å². The van der Waals surface area contributed by atoms with Crippen molar-refractivity contribution in [3.05, 3.63) is 35.4 Å². The molecule has 0 radical (unpaired) electrons. The molecule has 0 aliphatic heterocycles. The fourth-order valence-corrected chi connectivity index (χ4v) is 1.33. The number of ketones is 1. The van der Waals surface area contributed by atoms with Gasteiger partial charge in [0.15, 0.2) is 17.4 Å². The summed E-state index contributed by atoms with van der Waals surface area (Å²) in [6, 6.07) is 2.91. The largest absolute Gasteiger partial charge is 0.369 e. The molecule has 0 fully saturated rings. The molecule has 0 aromatic heterocycles. The molecule has 0 saturated heterocycles. The highest BCUT2D eigenvalue weighted by atomic mass is 19.2. The number of carbonyl (C=O) groups excluding carboxylic acids is 2. The van der Waals surface area contributed by atoms with Crippen molar-refractivity contribution in [2.45, 2.75) is 0 Å². The van der Waals surface area contributed by atoms with Gasteiger partial charge in [0.2, 0.25) is 5.91 Å². The van der Waals surface area contributed by atoms with Gasteiger partial charge in [0.1, 0.15) is 0 Å². The average molecular weight is 242 g/mol. The van der Waals surface area contributed by atoms with Crippen molar-refractivity contribution < 1.29 is 18.4 Å². The first kappa shape index (κ1) is 13.2. The number of hydrogen-bond donors (Lipinski definition) is 1. The summed E-state index contributed by atoms with van der Waals surface area (Å²) in [7, 11) is 1.53. The van der Waals surface area contributed by atoms with Gasteiger partial charge in [0.25, 0.3) is 0 Å². The lowest BCUT2D eigenvalue weighted by Gasteiger charge is -2.13. The predicted octanol–water partition coefficient (Wildman–Crippen LogP) is 0.565. The quantitative estimate of drug-likeness (QED) is 0.767. The Morgan fingerprint density at radius 3 is 2.41 bits per heavy atom. The van der Waals surface area contributed by atoms with E-state index in [2.05, 4.69) is 0 Å². The molecule has 1 amide bonds. The van der Waals surface area contributed by atoms with Crippen molar-refractivity contribution in [1.82, 2.24) is 4.90 Å². The van der Waals surface area contributed by atoms with E-state index in [-0.39, 0.29) is 18.7 Å². The molecule has 1 aromatic rings. The third-order valence-electron chi connectivity index (χ3n) is 2.08. The number of carbonyl (C=O) groups is 2. The summed E-state index contributed by atoms with van der Waals surface area (Å²) < 4.78 is 25.5. The van der Waals surface area contributed by atoms with Crippen LogP contribution in [0.3, 0.4) is 0 Å². The summed E-state index contributed by atoms with van der Waals surface area (Å²) in [5, 5.41) is 0. The van der Waals surface area contributed by atoms with Gasteiger partial charge in [-0.15, -0.1) is 0 Å². The topological polar surface area (TPSA) is 63.4 Å². The zero-order chi connectivity index (χ0) is 13.0. The van der Waals surface area contributed by atoms with E-state index >= 15 is 0 Å². The number of hydrogen-bond acceptors (Lipinski definition) is 3. The molecule has 92 valence electrons. The van der Waals surface area contributed by atoms with Crippen LogP contribution >= 0.6 is 0 Å². The molecule has 1 rings (SSSR count). The first-order valence-corrected chi connectivity index (χ1v) is 4.85. The number of benzene rings is 1. The molecular formula is C11H12F2N2O2. The smallest absolute Gasteiger partial charge is 0.231 e. The molecule has 0 unspecified atom stereocenters. The van der Waals surface area contributed by atoms with Crippen LogP contribution in [0.15, 0.2) is 18.2 Å². The maximum Gasteiger partial charge on any atom is 0.231 e. The second kappa shape index (κ2) is 5.49. The molecule has 6 heteroatoms. The molecule has 0 spiro atoms. The normalized spacial score (nSPS) is 10.6. The second-order valence-electron chi connectivity index (χ2n) is 3.69. The Hall–Kier alpha value is -1.82. The van der Waals surface area contributed by atoms with E-state index in [4.69, 9.17) is 5.73 Å². The van der Waals surface area contributed by atoms with E-state index < -0.39 is 23.3 Å². The van der Waals surface area contributed by atoms with Crippen LogP contribution in [0.2, 0.25) is 0 Å². The Balaban J connectivity index is 2.70. The maximum absolute atomic E-state index is 12.9. The Morgan fingerprint density at radius 2 is 1.88 bits per heavy atom. The third-order valence-corrected chi connectivity index (χ3v) is 2.08. The standard InChI is InChI=1S/C11H12F2N2O2/c1-15(6-11(14)17)5-10(16)7-2-3-8(12)9(13)4-7/h2-4H,5-6H2,1H3,(H2,14,17). The van der Waals surface area contributed by atoms with E-state index in [1.54, 1.807) is 0 Å². The molecule has 0 aliphatic rings. The molecule has 0 bridgehead atoms. The highest BCUT2D eigenvalue weighted by Crippen LogP contribution is 2.09. The first-order chi connectivity index (χ1) is 7.90. The summed E-state index contributed by atoms with van der Waals surface area (Å²) in [4.78, 5) is 23.6. The molecule has 0 aliphatic carbocycles. The summed E-state index contributed by atoms with van der Waals surface area (Å²) in [5.41, 5.74) is 5.01. The van der Waals surface area contributed by atoms with Crippen molar-refractivity contribution >= 4 is 11.7 Å². The minimum atomic E-state index is -1.08. The minimum absolute atomic E-state index is 0.0558. The number of Topliss-reactive ketones (excluding diaryl/α,β-unsaturated/α-hetero) is 1. The van der Waals surface area contributed by atoms with Gasteiger partial charge in [-0.2, -0.15) is 0 Å². The lowest BCUT2D eigenvalue weighted by molar-refractivity contribution is -0.118. The van der Waals surface area contributed by atoms with Gasteiger partial charge in [-0.05, 0) is 25.2 Å². The van der Waals surface area contributed by atoms with Crippen molar-refractivity contribution in [3.63, 3.8) is 0 Å². The number of nitrogens with two attached hydrogens (primary N) is 1. The van der Waals surface area contributed by atoms with Crippen molar-refractivity contribution in [2.75, 3.05) is 20.1 Å². The molecule has 0 saturated carbocycles. The zero-order valence-corrected chi connectivity index (χ0v) is 9.24. The average Bonchev–Trinajstić information content (AvgIpc) is 2.20. The predicted molar refractivity (Wildman–Crippen MR) is 57.4 cm³/mol. The van der Waals surface area contributed by atoms with E-state index in [1.165, 1.54) is 18.0 Å². The van der Waals surface area contributed by atoms with Crippen LogP contribution in [0.25, 0.3) is 0 Å². The first-order valence-electron chi connectivity index (χ1n) is 4.85. The number of rotatable bonds is 5. The van der Waals surface area contributed by atoms with Gasteiger partial charge in [0, 0.05) is 5.56 Å². The molecule has 0 heterocycles. The van der Waals surface area contributed by atoms with Crippen LogP contribution in [0.4, 0.5) is 8.78 Å². The fourth-order valence-electron chi connectivity index (χ4n) is 1.33. The summed E-state index contributed by atoms with van der Waals surface area (Å²) in [6.45, 7) is -0.163. The van der Waals surface area contributed by atoms with Gasteiger partial charge in [-0.1, -0.05) is 0 Å². The fraction of sp³-hybridized carbons (Fsp3) is 0.273. The maximum atomic E-state index is 12.9. The highest BCUT2D eigenvalue weighted by Gasteiger charge is 2.13. The van der Waals surface area contributed by atoms with E-state index in [0.717, 1.165) is 12.1 Å². The number of nitrogens with zero attached hydrogens (tertiary/aromatic N) is 1.